The van der Waals surface area contributed by atoms with Crippen molar-refractivity contribution < 1.29 is 14.3 Å². The number of nitrogens with one attached hydrogen (secondary N) is 1. The molecule has 0 fully saturated rings. The molecular formula is C27H27ClN2O3. The van der Waals surface area contributed by atoms with E-state index in [9.17, 15) is 9.59 Å². The van der Waals surface area contributed by atoms with Gasteiger partial charge in [-0.2, -0.15) is 0 Å². The first kappa shape index (κ1) is 22.9. The number of hydrogen-bond acceptors (Lipinski definition) is 3. The second kappa shape index (κ2) is 10.1. The number of halogens is 1. The van der Waals surface area contributed by atoms with E-state index in [1.807, 2.05) is 42.2 Å². The van der Waals surface area contributed by atoms with Crippen molar-refractivity contribution in [3.8, 4) is 5.75 Å². The highest BCUT2D eigenvalue weighted by Gasteiger charge is 2.34. The molecule has 0 unspecified atom stereocenters. The quantitative estimate of drug-likeness (QED) is 0.471. The maximum Gasteiger partial charge on any atom is 0.264 e. The Morgan fingerprint density at radius 2 is 1.82 bits per heavy atom. The van der Waals surface area contributed by atoms with Gasteiger partial charge in [0.05, 0.1) is 23.2 Å². The molecule has 1 heterocycles. The first-order valence-corrected chi connectivity index (χ1v) is 11.6. The zero-order valence-corrected chi connectivity index (χ0v) is 19.5. The predicted octanol–water partition coefficient (Wildman–Crippen LogP) is 6.24. The molecule has 3 aromatic carbocycles. The van der Waals surface area contributed by atoms with Crippen molar-refractivity contribution in [1.29, 1.82) is 0 Å². The molecule has 0 aliphatic carbocycles. The molecule has 2 atom stereocenters. The van der Waals surface area contributed by atoms with Crippen LogP contribution in [0.3, 0.4) is 0 Å². The Bertz CT molecular complexity index is 1150. The monoisotopic (exact) mass is 462 g/mol. The number of carbonyl (C=O) groups is 2. The highest BCUT2D eigenvalue weighted by atomic mass is 35.5. The van der Waals surface area contributed by atoms with Gasteiger partial charge in [-0.3, -0.25) is 9.59 Å². The Morgan fingerprint density at radius 3 is 2.52 bits per heavy atom. The van der Waals surface area contributed by atoms with Gasteiger partial charge in [0.2, 0.25) is 0 Å². The summed E-state index contributed by atoms with van der Waals surface area (Å²) in [5.74, 6) is 0.354. The maximum atomic E-state index is 13.4. The van der Waals surface area contributed by atoms with Gasteiger partial charge in [-0.25, -0.2) is 0 Å². The van der Waals surface area contributed by atoms with E-state index in [1.165, 1.54) is 0 Å². The number of nitrogens with zero attached hydrogens (tertiary/aromatic N) is 1. The number of amides is 2. The minimum Gasteiger partial charge on any atom is -0.480 e. The molecule has 33 heavy (non-hydrogen) atoms. The predicted molar refractivity (Wildman–Crippen MR) is 131 cm³/mol. The molecule has 5 nitrogen and oxygen atoms in total. The molecule has 0 saturated carbocycles. The van der Waals surface area contributed by atoms with Crippen LogP contribution in [0, 0.1) is 0 Å². The molecule has 170 valence electrons. The smallest absolute Gasteiger partial charge is 0.264 e. The lowest BCUT2D eigenvalue weighted by Crippen LogP contribution is -2.41. The summed E-state index contributed by atoms with van der Waals surface area (Å²) in [6.07, 6.45) is 0.808. The van der Waals surface area contributed by atoms with Gasteiger partial charge in [0.1, 0.15) is 5.75 Å². The van der Waals surface area contributed by atoms with Gasteiger partial charge in [-0.05, 0) is 48.7 Å². The van der Waals surface area contributed by atoms with Gasteiger partial charge in [-0.1, -0.05) is 67.9 Å². The summed E-state index contributed by atoms with van der Waals surface area (Å²) in [5, 5.41) is 3.31. The van der Waals surface area contributed by atoms with E-state index in [2.05, 4.69) is 24.4 Å². The average Bonchev–Trinajstić information content (AvgIpc) is 2.97. The Labute approximate surface area is 199 Å². The van der Waals surface area contributed by atoms with Crippen LogP contribution in [0.15, 0.2) is 72.8 Å². The van der Waals surface area contributed by atoms with Crippen LogP contribution in [-0.4, -0.2) is 22.8 Å². The molecule has 0 bridgehead atoms. The van der Waals surface area contributed by atoms with Crippen LogP contribution in [0.25, 0.3) is 0 Å². The zero-order valence-electron chi connectivity index (χ0n) is 18.8. The normalized spacial score (nSPS) is 16.4. The molecule has 1 aliphatic rings. The number of hydrogen-bond donors (Lipinski definition) is 1. The molecule has 4 rings (SSSR count). The van der Waals surface area contributed by atoms with Gasteiger partial charge < -0.3 is 15.0 Å². The molecule has 0 aromatic heterocycles. The summed E-state index contributed by atoms with van der Waals surface area (Å²) in [6.45, 7) is 4.43. The van der Waals surface area contributed by atoms with Gasteiger partial charge in [-0.15, -0.1) is 0 Å². The molecule has 1 N–H and O–H groups in total. The first-order valence-electron chi connectivity index (χ1n) is 11.2. The van der Waals surface area contributed by atoms with Crippen molar-refractivity contribution in [3.05, 3.63) is 94.5 Å². The van der Waals surface area contributed by atoms with Crippen LogP contribution in [0.2, 0.25) is 5.02 Å². The fourth-order valence-corrected chi connectivity index (χ4v) is 4.44. The van der Waals surface area contributed by atoms with E-state index in [4.69, 9.17) is 16.3 Å². The summed E-state index contributed by atoms with van der Waals surface area (Å²) in [7, 11) is 0. The van der Waals surface area contributed by atoms with Crippen LogP contribution in [-0.2, 0) is 11.3 Å². The summed E-state index contributed by atoms with van der Waals surface area (Å²) >= 11 is 6.17. The topological polar surface area (TPSA) is 58.6 Å². The average molecular weight is 463 g/mol. The molecular weight excluding hydrogens is 436 g/mol. The van der Waals surface area contributed by atoms with Crippen molar-refractivity contribution >= 4 is 29.1 Å². The maximum absolute atomic E-state index is 13.4. The largest absolute Gasteiger partial charge is 0.480 e. The van der Waals surface area contributed by atoms with E-state index in [-0.39, 0.29) is 17.9 Å². The molecule has 0 saturated heterocycles. The number of anilines is 1. The van der Waals surface area contributed by atoms with E-state index in [0.29, 0.717) is 35.0 Å². The third-order valence-electron chi connectivity index (χ3n) is 5.92. The molecule has 0 radical (unpaired) electrons. The lowest BCUT2D eigenvalue weighted by atomic mass is 10.0. The second-order valence-electron chi connectivity index (χ2n) is 8.07. The Morgan fingerprint density at radius 1 is 1.09 bits per heavy atom. The fraction of sp³-hybridized carbons (Fsp3) is 0.259. The van der Waals surface area contributed by atoms with Crippen LogP contribution < -0.4 is 10.1 Å². The van der Waals surface area contributed by atoms with Gasteiger partial charge in [0, 0.05) is 11.3 Å². The highest BCUT2D eigenvalue weighted by Crippen LogP contribution is 2.35. The third kappa shape index (κ3) is 4.88. The van der Waals surface area contributed by atoms with E-state index >= 15 is 0 Å². The van der Waals surface area contributed by atoms with Gasteiger partial charge in [0.15, 0.2) is 6.10 Å². The highest BCUT2D eigenvalue weighted by molar-refractivity contribution is 6.34. The molecule has 6 heteroatoms. The fourth-order valence-electron chi connectivity index (χ4n) is 4.22. The summed E-state index contributed by atoms with van der Waals surface area (Å²) in [6, 6.07) is 22.4. The van der Waals surface area contributed by atoms with Crippen molar-refractivity contribution in [2.45, 2.75) is 45.4 Å². The van der Waals surface area contributed by atoms with Crippen molar-refractivity contribution in [2.75, 3.05) is 5.32 Å². The molecule has 3 aromatic rings. The van der Waals surface area contributed by atoms with Crippen LogP contribution in [0.4, 0.5) is 5.69 Å². The summed E-state index contributed by atoms with van der Waals surface area (Å²) < 4.78 is 6.12. The lowest BCUT2D eigenvalue weighted by Gasteiger charge is -2.32. The van der Waals surface area contributed by atoms with E-state index in [1.54, 1.807) is 30.3 Å². The number of ether oxygens (including phenoxy) is 1. The van der Waals surface area contributed by atoms with E-state index in [0.717, 1.165) is 17.5 Å². The molecule has 0 spiro atoms. The summed E-state index contributed by atoms with van der Waals surface area (Å²) in [4.78, 5) is 28.1. The van der Waals surface area contributed by atoms with Gasteiger partial charge >= 0.3 is 0 Å². The third-order valence-corrected chi connectivity index (χ3v) is 6.25. The molecule has 2 amide bonds. The SMILES string of the molecule is CC[C@@H]1Oc2ccc(NC(=O)c3ccccc3Cl)cc2CN([C@H](CC)c2ccccc2)C1=O. The number of rotatable bonds is 6. The van der Waals surface area contributed by atoms with Crippen LogP contribution >= 0.6 is 11.6 Å². The zero-order chi connectivity index (χ0) is 23.4. The van der Waals surface area contributed by atoms with Crippen molar-refractivity contribution in [2.24, 2.45) is 0 Å². The minimum absolute atomic E-state index is 0.0222. The molecule has 1 aliphatic heterocycles. The second-order valence-corrected chi connectivity index (χ2v) is 8.48. The van der Waals surface area contributed by atoms with Crippen LogP contribution in [0.1, 0.15) is 54.2 Å². The number of benzene rings is 3. The van der Waals surface area contributed by atoms with Crippen molar-refractivity contribution in [3.63, 3.8) is 0 Å². The van der Waals surface area contributed by atoms with E-state index < -0.39 is 6.10 Å². The summed E-state index contributed by atoms with van der Waals surface area (Å²) in [5.41, 5.74) is 2.97. The number of fused-ring (bicyclic) bond motifs is 1. The Balaban J connectivity index is 1.66. The minimum atomic E-state index is -0.549. The van der Waals surface area contributed by atoms with Gasteiger partial charge in [0.25, 0.3) is 11.8 Å². The van der Waals surface area contributed by atoms with Crippen LogP contribution in [0.5, 0.6) is 5.75 Å². The standard InChI is InChI=1S/C27H27ClN2O3/c1-3-23(18-10-6-5-7-11-18)30-17-19-16-20(14-15-25(19)33-24(4-2)27(30)32)29-26(31)21-12-8-9-13-22(21)28/h5-16,23-24H,3-4,17H2,1-2H3,(H,29,31)/t23-,24+/m1/s1. The Kier molecular flexibility index (Phi) is 6.99. The Hall–Kier alpha value is -3.31. The first-order chi connectivity index (χ1) is 16.0. The van der Waals surface area contributed by atoms with Crippen molar-refractivity contribution in [1.82, 2.24) is 4.90 Å². The number of carbonyl (C=O) groups excluding carboxylic acids is 2. The lowest BCUT2D eigenvalue weighted by molar-refractivity contribution is -0.141.